The third-order valence-corrected chi connectivity index (χ3v) is 4.87. The quantitative estimate of drug-likeness (QED) is 0.620. The number of aliphatic imine (C=N–C) groups is 1. The van der Waals surface area contributed by atoms with Crippen LogP contribution < -0.4 is 11.1 Å². The molecule has 1 aliphatic rings. The summed E-state index contributed by atoms with van der Waals surface area (Å²) in [6, 6.07) is 3.84. The van der Waals surface area contributed by atoms with E-state index in [9.17, 15) is 4.79 Å². The van der Waals surface area contributed by atoms with Gasteiger partial charge in [-0.3, -0.25) is 4.99 Å². The van der Waals surface area contributed by atoms with Crippen molar-refractivity contribution < 1.29 is 4.79 Å². The zero-order chi connectivity index (χ0) is 18.4. The van der Waals surface area contributed by atoms with Crippen LogP contribution >= 0.6 is 11.3 Å². The lowest BCUT2D eigenvalue weighted by atomic mass is 10.2. The van der Waals surface area contributed by atoms with Gasteiger partial charge >= 0.3 is 6.03 Å². The van der Waals surface area contributed by atoms with Crippen molar-refractivity contribution >= 4 is 29.2 Å². The van der Waals surface area contributed by atoms with E-state index in [0.717, 1.165) is 16.8 Å². The number of nitrogens with two attached hydrogens (primary N) is 1. The molecule has 1 aromatic rings. The van der Waals surface area contributed by atoms with Crippen LogP contribution in [-0.4, -0.2) is 30.2 Å². The molecular weight excluding hydrogens is 332 g/mol. The van der Waals surface area contributed by atoms with Gasteiger partial charge in [0, 0.05) is 17.6 Å². The van der Waals surface area contributed by atoms with Gasteiger partial charge in [-0.05, 0) is 49.4 Å². The number of allylic oxidation sites excluding steroid dienone is 3. The van der Waals surface area contributed by atoms with Crippen molar-refractivity contribution in [2.45, 2.75) is 20.8 Å². The van der Waals surface area contributed by atoms with Crippen molar-refractivity contribution in [3.05, 3.63) is 63.8 Å². The number of carbonyl (C=O) groups is 1. The Balaban J connectivity index is 1.94. The van der Waals surface area contributed by atoms with Gasteiger partial charge in [-0.15, -0.1) is 11.3 Å². The fourth-order valence-corrected chi connectivity index (χ4v) is 3.10. The maximum atomic E-state index is 12.4. The minimum Gasteiger partial charge on any atom is -0.397 e. The summed E-state index contributed by atoms with van der Waals surface area (Å²) in [4.78, 5) is 19.5. The van der Waals surface area contributed by atoms with Gasteiger partial charge in [-0.25, -0.2) is 4.79 Å². The SMILES string of the molecule is C=C(NC(=O)N1CC(C)=C(N=CC)C1)/C(N)=C\C=C(/C)c1cccs1. The Hall–Kier alpha value is -2.60. The van der Waals surface area contributed by atoms with Crippen molar-refractivity contribution in [1.29, 1.82) is 0 Å². The van der Waals surface area contributed by atoms with Crippen LogP contribution in [0.5, 0.6) is 0 Å². The molecule has 0 fully saturated rings. The molecule has 0 atom stereocenters. The molecule has 1 aliphatic heterocycles. The largest absolute Gasteiger partial charge is 0.397 e. The molecular formula is C19H24N4OS. The maximum Gasteiger partial charge on any atom is 0.322 e. The third-order valence-electron chi connectivity index (χ3n) is 3.86. The number of amides is 2. The lowest BCUT2D eigenvalue weighted by Crippen LogP contribution is -2.39. The van der Waals surface area contributed by atoms with Gasteiger partial charge in [0.2, 0.25) is 0 Å². The summed E-state index contributed by atoms with van der Waals surface area (Å²) in [6.07, 6.45) is 5.42. The van der Waals surface area contributed by atoms with E-state index in [4.69, 9.17) is 5.73 Å². The minimum atomic E-state index is -0.221. The first-order chi connectivity index (χ1) is 11.9. The van der Waals surface area contributed by atoms with Crippen LogP contribution in [0.4, 0.5) is 4.79 Å². The normalized spacial score (nSPS) is 16.0. The molecule has 25 heavy (non-hydrogen) atoms. The summed E-state index contributed by atoms with van der Waals surface area (Å²) in [5, 5.41) is 4.79. The Labute approximate surface area is 152 Å². The summed E-state index contributed by atoms with van der Waals surface area (Å²) < 4.78 is 0. The molecule has 0 aromatic carbocycles. The number of hydrogen-bond acceptors (Lipinski definition) is 4. The molecule has 2 heterocycles. The summed E-state index contributed by atoms with van der Waals surface area (Å²) in [6.45, 7) is 10.8. The molecule has 6 heteroatoms. The van der Waals surface area contributed by atoms with Crippen LogP contribution in [0.2, 0.25) is 0 Å². The topological polar surface area (TPSA) is 70.7 Å². The number of hydrogen-bond donors (Lipinski definition) is 2. The molecule has 5 nitrogen and oxygen atoms in total. The summed E-state index contributed by atoms with van der Waals surface area (Å²) >= 11 is 1.67. The van der Waals surface area contributed by atoms with Crippen molar-refractivity contribution in [3.8, 4) is 0 Å². The lowest BCUT2D eigenvalue weighted by Gasteiger charge is -2.18. The predicted molar refractivity (Wildman–Crippen MR) is 106 cm³/mol. The highest BCUT2D eigenvalue weighted by Gasteiger charge is 2.23. The number of thiophene rings is 1. The van der Waals surface area contributed by atoms with Crippen molar-refractivity contribution in [1.82, 2.24) is 10.2 Å². The Kier molecular flexibility index (Phi) is 6.36. The molecule has 1 aromatic heterocycles. The number of urea groups is 1. The van der Waals surface area contributed by atoms with E-state index in [-0.39, 0.29) is 6.03 Å². The van der Waals surface area contributed by atoms with Gasteiger partial charge in [0.1, 0.15) is 0 Å². The van der Waals surface area contributed by atoms with Crippen molar-refractivity contribution in [2.24, 2.45) is 10.7 Å². The van der Waals surface area contributed by atoms with Crippen LogP contribution in [0.3, 0.4) is 0 Å². The van der Waals surface area contributed by atoms with E-state index in [1.165, 1.54) is 4.88 Å². The summed E-state index contributed by atoms with van der Waals surface area (Å²) in [5.74, 6) is 0. The van der Waals surface area contributed by atoms with E-state index >= 15 is 0 Å². The minimum absolute atomic E-state index is 0.221. The van der Waals surface area contributed by atoms with Crippen LogP contribution in [0.15, 0.2) is 63.9 Å². The summed E-state index contributed by atoms with van der Waals surface area (Å²) in [5.41, 5.74) is 9.98. The third kappa shape index (κ3) is 4.93. The van der Waals surface area contributed by atoms with Crippen LogP contribution in [-0.2, 0) is 0 Å². The first-order valence-electron chi connectivity index (χ1n) is 8.02. The average Bonchev–Trinajstić information content (AvgIpc) is 3.23. The fraction of sp³-hybridized carbons (Fsp3) is 0.263. The second kappa shape index (κ2) is 8.48. The van der Waals surface area contributed by atoms with Crippen LogP contribution in [0, 0.1) is 0 Å². The highest BCUT2D eigenvalue weighted by Crippen LogP contribution is 2.20. The molecule has 0 aliphatic carbocycles. The van der Waals surface area contributed by atoms with E-state index < -0.39 is 0 Å². The molecule has 0 saturated heterocycles. The van der Waals surface area contributed by atoms with Gasteiger partial charge in [-0.2, -0.15) is 0 Å². The maximum absolute atomic E-state index is 12.4. The zero-order valence-electron chi connectivity index (χ0n) is 14.9. The summed E-state index contributed by atoms with van der Waals surface area (Å²) in [7, 11) is 0. The van der Waals surface area contributed by atoms with Gasteiger partial charge in [0.25, 0.3) is 0 Å². The highest BCUT2D eigenvalue weighted by atomic mass is 32.1. The van der Waals surface area contributed by atoms with Crippen molar-refractivity contribution in [2.75, 3.05) is 13.1 Å². The second-order valence-electron chi connectivity index (χ2n) is 5.83. The molecule has 3 N–H and O–H groups in total. The highest BCUT2D eigenvalue weighted by molar-refractivity contribution is 7.11. The number of carbonyl (C=O) groups excluding carboxylic acids is 1. The standard InChI is InChI=1S/C19H24N4OS/c1-5-21-17-12-23(11-14(17)3)19(24)22-15(4)16(20)9-8-13(2)18-7-6-10-25-18/h5-10H,4,11-12,20H2,1-3H3,(H,22,24)/b13-8+,16-9+,21-5?. The molecule has 0 bridgehead atoms. The van der Waals surface area contributed by atoms with E-state index in [2.05, 4.69) is 23.0 Å². The zero-order valence-corrected chi connectivity index (χ0v) is 15.7. The molecule has 0 spiro atoms. The number of nitrogens with zero attached hydrogens (tertiary/aromatic N) is 2. The number of nitrogens with one attached hydrogen (secondary N) is 1. The molecule has 2 amide bonds. The Morgan fingerprint density at radius 3 is 2.84 bits per heavy atom. The average molecular weight is 356 g/mol. The van der Waals surface area contributed by atoms with Crippen LogP contribution in [0.1, 0.15) is 25.6 Å². The Morgan fingerprint density at radius 1 is 1.44 bits per heavy atom. The van der Waals surface area contributed by atoms with Gasteiger partial charge in [0.05, 0.1) is 23.6 Å². The van der Waals surface area contributed by atoms with Crippen molar-refractivity contribution in [3.63, 3.8) is 0 Å². The first kappa shape index (κ1) is 18.7. The van der Waals surface area contributed by atoms with E-state index in [0.29, 0.717) is 24.5 Å². The van der Waals surface area contributed by atoms with E-state index in [1.807, 2.05) is 38.3 Å². The van der Waals surface area contributed by atoms with Crippen LogP contribution in [0.25, 0.3) is 5.57 Å². The molecule has 132 valence electrons. The molecule has 2 rings (SSSR count). The lowest BCUT2D eigenvalue weighted by molar-refractivity contribution is 0.212. The van der Waals surface area contributed by atoms with E-state index in [1.54, 1.807) is 28.5 Å². The van der Waals surface area contributed by atoms with Gasteiger partial charge in [0.15, 0.2) is 0 Å². The molecule has 0 saturated carbocycles. The Morgan fingerprint density at radius 2 is 2.20 bits per heavy atom. The smallest absolute Gasteiger partial charge is 0.322 e. The predicted octanol–water partition coefficient (Wildman–Crippen LogP) is 3.90. The van der Waals surface area contributed by atoms with Gasteiger partial charge < -0.3 is 16.0 Å². The molecule has 0 radical (unpaired) electrons. The first-order valence-corrected chi connectivity index (χ1v) is 8.90. The van der Waals surface area contributed by atoms with Gasteiger partial charge in [-0.1, -0.05) is 18.7 Å². The Bertz CT molecular complexity index is 769. The fourth-order valence-electron chi connectivity index (χ4n) is 2.38. The second-order valence-corrected chi connectivity index (χ2v) is 6.78. The monoisotopic (exact) mass is 356 g/mol. The number of rotatable bonds is 5. The molecule has 0 unspecified atom stereocenters.